The molecule has 0 saturated carbocycles. The molecule has 0 aliphatic carbocycles. The minimum Gasteiger partial charge on any atom is -0.462 e. The van der Waals surface area contributed by atoms with Crippen LogP contribution in [0.2, 0.25) is 0 Å². The predicted octanol–water partition coefficient (Wildman–Crippen LogP) is 5.12. The summed E-state index contributed by atoms with van der Waals surface area (Å²) in [4.78, 5) is 27.7. The van der Waals surface area contributed by atoms with E-state index in [-0.39, 0.29) is 24.1 Å². The molecule has 2 aromatic rings. The van der Waals surface area contributed by atoms with Gasteiger partial charge in [0.2, 0.25) is 5.91 Å². The number of hydrogen-bond donors (Lipinski definition) is 0. The average Bonchev–Trinajstić information content (AvgIpc) is 2.69. The van der Waals surface area contributed by atoms with Gasteiger partial charge in [0.15, 0.2) is 0 Å². The highest BCUT2D eigenvalue weighted by Gasteiger charge is 2.37. The first kappa shape index (κ1) is 21.8. The zero-order valence-corrected chi connectivity index (χ0v) is 17.9. The molecular weight excluding hydrogens is 381 g/mol. The summed E-state index contributed by atoms with van der Waals surface area (Å²) >= 11 is 0. The van der Waals surface area contributed by atoms with Gasteiger partial charge in [0.05, 0.1) is 18.7 Å². The van der Waals surface area contributed by atoms with E-state index in [1.165, 1.54) is 12.1 Å². The first-order valence-electron chi connectivity index (χ1n) is 10.3. The molecule has 1 atom stereocenters. The van der Waals surface area contributed by atoms with E-state index in [1.54, 1.807) is 24.0 Å². The normalized spacial score (nSPS) is 16.9. The van der Waals surface area contributed by atoms with Crippen molar-refractivity contribution in [2.75, 3.05) is 6.61 Å². The summed E-state index contributed by atoms with van der Waals surface area (Å²) < 4.78 is 19.0. The van der Waals surface area contributed by atoms with Gasteiger partial charge in [-0.15, -0.1) is 0 Å². The van der Waals surface area contributed by atoms with Gasteiger partial charge in [-0.2, -0.15) is 0 Å². The van der Waals surface area contributed by atoms with Crippen molar-refractivity contribution < 1.29 is 18.7 Å². The average molecular weight is 410 g/mol. The number of rotatable bonds is 6. The summed E-state index contributed by atoms with van der Waals surface area (Å²) in [5.41, 5.74) is 3.90. The monoisotopic (exact) mass is 409 g/mol. The van der Waals surface area contributed by atoms with Crippen molar-refractivity contribution in [2.24, 2.45) is 5.92 Å². The Balaban J connectivity index is 2.00. The second-order valence-corrected chi connectivity index (χ2v) is 8.27. The van der Waals surface area contributed by atoms with E-state index in [2.05, 4.69) is 0 Å². The standard InChI is InChI=1S/C25H28FNO3/c1-16(2)15-30-25(29)24-18(4)27(14-19-7-5-6-17(3)12-19)23(28)13-22(24)20-8-10-21(26)11-9-20/h5-12,16,22H,13-15H2,1-4H3. The Hall–Kier alpha value is -2.95. The number of halogens is 1. The number of benzene rings is 2. The van der Waals surface area contributed by atoms with Crippen LogP contribution in [-0.4, -0.2) is 23.4 Å². The van der Waals surface area contributed by atoms with E-state index in [1.807, 2.05) is 45.0 Å². The van der Waals surface area contributed by atoms with Crippen LogP contribution < -0.4 is 0 Å². The molecule has 30 heavy (non-hydrogen) atoms. The first-order chi connectivity index (χ1) is 14.3. The van der Waals surface area contributed by atoms with E-state index in [4.69, 9.17) is 4.74 Å². The molecule has 1 unspecified atom stereocenters. The van der Waals surface area contributed by atoms with E-state index in [0.717, 1.165) is 16.7 Å². The van der Waals surface area contributed by atoms with Gasteiger partial charge in [0.25, 0.3) is 0 Å². The van der Waals surface area contributed by atoms with Crippen LogP contribution in [0.1, 0.15) is 49.8 Å². The van der Waals surface area contributed by atoms with Crippen molar-refractivity contribution in [3.63, 3.8) is 0 Å². The highest BCUT2D eigenvalue weighted by atomic mass is 19.1. The van der Waals surface area contributed by atoms with Crippen LogP contribution in [0.15, 0.2) is 59.8 Å². The van der Waals surface area contributed by atoms with Crippen LogP contribution >= 0.6 is 0 Å². The predicted molar refractivity (Wildman–Crippen MR) is 114 cm³/mol. The van der Waals surface area contributed by atoms with Crippen molar-refractivity contribution in [1.82, 2.24) is 4.90 Å². The second-order valence-electron chi connectivity index (χ2n) is 8.27. The molecule has 0 bridgehead atoms. The number of nitrogens with zero attached hydrogens (tertiary/aromatic N) is 1. The largest absolute Gasteiger partial charge is 0.462 e. The molecule has 5 heteroatoms. The van der Waals surface area contributed by atoms with Crippen LogP contribution in [0, 0.1) is 18.7 Å². The summed E-state index contributed by atoms with van der Waals surface area (Å²) in [7, 11) is 0. The number of esters is 1. The SMILES string of the molecule is CC1=C(C(=O)OCC(C)C)C(c2ccc(F)cc2)CC(=O)N1Cc1cccc(C)c1. The quantitative estimate of drug-likeness (QED) is 0.622. The summed E-state index contributed by atoms with van der Waals surface area (Å²) in [5, 5.41) is 0. The third kappa shape index (κ3) is 4.96. The molecule has 1 heterocycles. The van der Waals surface area contributed by atoms with Gasteiger partial charge in [-0.05, 0) is 43.0 Å². The van der Waals surface area contributed by atoms with Crippen LogP contribution in [-0.2, 0) is 20.9 Å². The molecule has 158 valence electrons. The summed E-state index contributed by atoms with van der Waals surface area (Å²) in [6.45, 7) is 8.43. The topological polar surface area (TPSA) is 46.6 Å². The lowest BCUT2D eigenvalue weighted by molar-refractivity contribution is -0.141. The smallest absolute Gasteiger partial charge is 0.336 e. The molecular formula is C25H28FNO3. The molecule has 4 nitrogen and oxygen atoms in total. The summed E-state index contributed by atoms with van der Waals surface area (Å²) in [6.07, 6.45) is 0.140. The van der Waals surface area contributed by atoms with Crippen LogP contribution in [0.3, 0.4) is 0 Å². The molecule has 2 aromatic carbocycles. The van der Waals surface area contributed by atoms with Gasteiger partial charge >= 0.3 is 5.97 Å². The minimum absolute atomic E-state index is 0.0660. The third-order valence-electron chi connectivity index (χ3n) is 5.29. The summed E-state index contributed by atoms with van der Waals surface area (Å²) in [6, 6.07) is 13.9. The number of hydrogen-bond acceptors (Lipinski definition) is 3. The van der Waals surface area contributed by atoms with E-state index >= 15 is 0 Å². The fraction of sp³-hybridized carbons (Fsp3) is 0.360. The third-order valence-corrected chi connectivity index (χ3v) is 5.29. The molecule has 0 fully saturated rings. The fourth-order valence-electron chi connectivity index (χ4n) is 3.76. The molecule has 1 aliphatic heterocycles. The maximum absolute atomic E-state index is 13.4. The Morgan fingerprint density at radius 2 is 1.87 bits per heavy atom. The first-order valence-corrected chi connectivity index (χ1v) is 10.3. The van der Waals surface area contributed by atoms with Crippen molar-refractivity contribution in [3.05, 3.63) is 82.3 Å². The molecule has 0 N–H and O–H groups in total. The van der Waals surface area contributed by atoms with Crippen molar-refractivity contribution in [1.29, 1.82) is 0 Å². The molecule has 0 spiro atoms. The number of ether oxygens (including phenoxy) is 1. The fourth-order valence-corrected chi connectivity index (χ4v) is 3.76. The number of amides is 1. The Morgan fingerprint density at radius 1 is 1.17 bits per heavy atom. The van der Waals surface area contributed by atoms with Gasteiger partial charge in [-0.1, -0.05) is 55.8 Å². The van der Waals surface area contributed by atoms with Crippen LogP contribution in [0.5, 0.6) is 0 Å². The Morgan fingerprint density at radius 3 is 2.50 bits per heavy atom. The van der Waals surface area contributed by atoms with E-state index < -0.39 is 11.9 Å². The van der Waals surface area contributed by atoms with Crippen molar-refractivity contribution in [3.8, 4) is 0 Å². The molecule has 0 radical (unpaired) electrons. The van der Waals surface area contributed by atoms with E-state index in [0.29, 0.717) is 24.4 Å². The maximum Gasteiger partial charge on any atom is 0.336 e. The number of carbonyl (C=O) groups excluding carboxylic acids is 2. The van der Waals surface area contributed by atoms with Crippen LogP contribution in [0.4, 0.5) is 4.39 Å². The lowest BCUT2D eigenvalue weighted by Gasteiger charge is -2.34. The lowest BCUT2D eigenvalue weighted by atomic mass is 9.83. The van der Waals surface area contributed by atoms with Gasteiger partial charge in [-0.25, -0.2) is 9.18 Å². The number of carbonyl (C=O) groups is 2. The number of aryl methyl sites for hydroxylation is 1. The van der Waals surface area contributed by atoms with Gasteiger partial charge in [-0.3, -0.25) is 4.79 Å². The molecule has 0 aromatic heterocycles. The lowest BCUT2D eigenvalue weighted by Crippen LogP contribution is -2.38. The highest BCUT2D eigenvalue weighted by Crippen LogP contribution is 2.37. The molecule has 0 saturated heterocycles. The summed E-state index contributed by atoms with van der Waals surface area (Å²) in [5.74, 6) is -1.09. The zero-order valence-electron chi connectivity index (χ0n) is 17.9. The van der Waals surface area contributed by atoms with Gasteiger partial charge in [0.1, 0.15) is 5.82 Å². The Labute approximate surface area is 177 Å². The van der Waals surface area contributed by atoms with Gasteiger partial charge in [0, 0.05) is 18.0 Å². The van der Waals surface area contributed by atoms with E-state index in [9.17, 15) is 14.0 Å². The maximum atomic E-state index is 13.4. The minimum atomic E-state index is -0.452. The van der Waals surface area contributed by atoms with Gasteiger partial charge < -0.3 is 9.64 Å². The Bertz CT molecular complexity index is 963. The van der Waals surface area contributed by atoms with Crippen LogP contribution in [0.25, 0.3) is 0 Å². The Kier molecular flexibility index (Phi) is 6.70. The van der Waals surface area contributed by atoms with Crippen molar-refractivity contribution in [2.45, 2.75) is 46.6 Å². The van der Waals surface area contributed by atoms with Crippen molar-refractivity contribution >= 4 is 11.9 Å². The molecule has 1 aliphatic rings. The molecule has 3 rings (SSSR count). The number of allylic oxidation sites excluding steroid dienone is 1. The zero-order chi connectivity index (χ0) is 21.8. The highest BCUT2D eigenvalue weighted by molar-refractivity contribution is 5.95. The second kappa shape index (κ2) is 9.24. The molecule has 1 amide bonds.